The number of rotatable bonds is 5. The van der Waals surface area contributed by atoms with Crippen LogP contribution in [0, 0.1) is 0 Å². The third kappa shape index (κ3) is 3.14. The van der Waals surface area contributed by atoms with Crippen LogP contribution in [0.15, 0.2) is 40.9 Å². The summed E-state index contributed by atoms with van der Waals surface area (Å²) in [5.41, 5.74) is 8.20. The van der Waals surface area contributed by atoms with Crippen LogP contribution < -0.4 is 19.9 Å². The van der Waals surface area contributed by atoms with E-state index in [4.69, 9.17) is 19.9 Å². The smallest absolute Gasteiger partial charge is 0.203 e. The number of methoxy groups -OCH3 is 3. The van der Waals surface area contributed by atoms with E-state index in [1.807, 2.05) is 36.4 Å². The zero-order valence-electron chi connectivity index (χ0n) is 12.2. The summed E-state index contributed by atoms with van der Waals surface area (Å²) in [5, 5.41) is 0. The van der Waals surface area contributed by atoms with Crippen LogP contribution >= 0.6 is 15.9 Å². The highest BCUT2D eigenvalue weighted by atomic mass is 79.9. The van der Waals surface area contributed by atoms with Gasteiger partial charge < -0.3 is 19.9 Å². The lowest BCUT2D eigenvalue weighted by atomic mass is 9.98. The molecular weight excluding hydrogens is 334 g/mol. The Hall–Kier alpha value is -1.72. The van der Waals surface area contributed by atoms with Crippen molar-refractivity contribution in [1.82, 2.24) is 0 Å². The van der Waals surface area contributed by atoms with E-state index < -0.39 is 0 Å². The molecule has 21 heavy (non-hydrogen) atoms. The molecule has 0 aliphatic heterocycles. The van der Waals surface area contributed by atoms with Crippen LogP contribution in [0.2, 0.25) is 0 Å². The van der Waals surface area contributed by atoms with Crippen LogP contribution in [0.3, 0.4) is 0 Å². The molecule has 4 nitrogen and oxygen atoms in total. The highest BCUT2D eigenvalue weighted by molar-refractivity contribution is 9.10. The highest BCUT2D eigenvalue weighted by Crippen LogP contribution is 2.42. The van der Waals surface area contributed by atoms with Gasteiger partial charge in [-0.15, -0.1) is 0 Å². The Morgan fingerprint density at radius 2 is 1.67 bits per heavy atom. The van der Waals surface area contributed by atoms with E-state index in [-0.39, 0.29) is 6.04 Å². The zero-order chi connectivity index (χ0) is 15.4. The van der Waals surface area contributed by atoms with Gasteiger partial charge in [0.2, 0.25) is 5.75 Å². The summed E-state index contributed by atoms with van der Waals surface area (Å²) in [5.74, 6) is 1.74. The van der Waals surface area contributed by atoms with Crippen LogP contribution in [0.25, 0.3) is 0 Å². The van der Waals surface area contributed by atoms with Crippen LogP contribution in [0.1, 0.15) is 17.2 Å². The lowest BCUT2D eigenvalue weighted by Gasteiger charge is -2.20. The van der Waals surface area contributed by atoms with Crippen molar-refractivity contribution in [2.24, 2.45) is 5.73 Å². The predicted octanol–water partition coefficient (Wildman–Crippen LogP) is 3.52. The summed E-state index contributed by atoms with van der Waals surface area (Å²) < 4.78 is 17.1. The van der Waals surface area contributed by atoms with Gasteiger partial charge in [-0.3, -0.25) is 0 Å². The van der Waals surface area contributed by atoms with Gasteiger partial charge in [0.25, 0.3) is 0 Å². The molecule has 1 unspecified atom stereocenters. The van der Waals surface area contributed by atoms with E-state index in [2.05, 4.69) is 15.9 Å². The molecule has 2 aromatic rings. The maximum Gasteiger partial charge on any atom is 0.203 e. The molecule has 0 aromatic heterocycles. The molecule has 2 N–H and O–H groups in total. The molecule has 0 amide bonds. The minimum Gasteiger partial charge on any atom is -0.493 e. The van der Waals surface area contributed by atoms with Crippen molar-refractivity contribution in [3.63, 3.8) is 0 Å². The fraction of sp³-hybridized carbons (Fsp3) is 0.250. The molecule has 2 aromatic carbocycles. The van der Waals surface area contributed by atoms with Gasteiger partial charge in [0.05, 0.1) is 27.4 Å². The van der Waals surface area contributed by atoms with E-state index in [0.717, 1.165) is 15.6 Å². The van der Waals surface area contributed by atoms with Crippen LogP contribution in [-0.2, 0) is 0 Å². The first-order chi connectivity index (χ1) is 10.1. The van der Waals surface area contributed by atoms with Gasteiger partial charge in [-0.2, -0.15) is 0 Å². The molecule has 0 heterocycles. The lowest BCUT2D eigenvalue weighted by molar-refractivity contribution is 0.321. The van der Waals surface area contributed by atoms with E-state index in [1.54, 1.807) is 21.3 Å². The number of halogens is 1. The molecule has 0 fully saturated rings. The summed E-state index contributed by atoms with van der Waals surface area (Å²) in [6.45, 7) is 0. The predicted molar refractivity (Wildman–Crippen MR) is 86.3 cm³/mol. The van der Waals surface area contributed by atoms with Gasteiger partial charge in [0, 0.05) is 10.0 Å². The monoisotopic (exact) mass is 351 g/mol. The Labute approximate surface area is 132 Å². The Morgan fingerprint density at radius 3 is 2.24 bits per heavy atom. The maximum absolute atomic E-state index is 6.38. The van der Waals surface area contributed by atoms with E-state index in [1.165, 1.54) is 0 Å². The minimum atomic E-state index is -0.322. The van der Waals surface area contributed by atoms with E-state index in [0.29, 0.717) is 17.2 Å². The average Bonchev–Trinajstić information content (AvgIpc) is 2.52. The third-order valence-electron chi connectivity index (χ3n) is 3.28. The molecule has 1 atom stereocenters. The standard InChI is InChI=1S/C16H18BrNO3/c1-19-13-8-7-12(15(20-2)16(13)21-3)14(18)10-5-4-6-11(17)9-10/h4-9,14H,18H2,1-3H3. The topological polar surface area (TPSA) is 53.7 Å². The Morgan fingerprint density at radius 1 is 0.952 bits per heavy atom. The molecule has 112 valence electrons. The second-order valence-electron chi connectivity index (χ2n) is 4.46. The summed E-state index contributed by atoms with van der Waals surface area (Å²) in [6.07, 6.45) is 0. The molecule has 0 bridgehead atoms. The quantitative estimate of drug-likeness (QED) is 0.895. The number of benzene rings is 2. The van der Waals surface area contributed by atoms with E-state index >= 15 is 0 Å². The van der Waals surface area contributed by atoms with Gasteiger partial charge in [0.15, 0.2) is 11.5 Å². The summed E-state index contributed by atoms with van der Waals surface area (Å²) in [7, 11) is 4.76. The molecule has 0 radical (unpaired) electrons. The minimum absolute atomic E-state index is 0.322. The Bertz CT molecular complexity index is 631. The maximum atomic E-state index is 6.38. The van der Waals surface area contributed by atoms with Gasteiger partial charge in [0.1, 0.15) is 0 Å². The molecule has 0 aliphatic rings. The van der Waals surface area contributed by atoms with Gasteiger partial charge in [-0.25, -0.2) is 0 Å². The number of ether oxygens (including phenoxy) is 3. The number of nitrogens with two attached hydrogens (primary N) is 1. The average molecular weight is 352 g/mol. The summed E-state index contributed by atoms with van der Waals surface area (Å²) in [6, 6.07) is 11.3. The normalized spacial score (nSPS) is 11.9. The third-order valence-corrected chi connectivity index (χ3v) is 3.77. The van der Waals surface area contributed by atoms with Gasteiger partial charge >= 0.3 is 0 Å². The molecule has 0 saturated carbocycles. The van der Waals surface area contributed by atoms with Crippen molar-refractivity contribution in [2.45, 2.75) is 6.04 Å². The molecule has 0 aliphatic carbocycles. The molecule has 5 heteroatoms. The van der Waals surface area contributed by atoms with Gasteiger partial charge in [-0.1, -0.05) is 28.1 Å². The highest BCUT2D eigenvalue weighted by Gasteiger charge is 2.21. The number of hydrogen-bond acceptors (Lipinski definition) is 4. The Balaban J connectivity index is 2.53. The van der Waals surface area contributed by atoms with E-state index in [9.17, 15) is 0 Å². The van der Waals surface area contributed by atoms with Crippen LogP contribution in [0.5, 0.6) is 17.2 Å². The van der Waals surface area contributed by atoms with Crippen LogP contribution in [0.4, 0.5) is 0 Å². The SMILES string of the molecule is COc1ccc(C(N)c2cccc(Br)c2)c(OC)c1OC. The largest absolute Gasteiger partial charge is 0.493 e. The fourth-order valence-corrected chi connectivity index (χ4v) is 2.67. The first-order valence-electron chi connectivity index (χ1n) is 6.42. The van der Waals surface area contributed by atoms with Gasteiger partial charge in [-0.05, 0) is 29.8 Å². The second kappa shape index (κ2) is 6.83. The first-order valence-corrected chi connectivity index (χ1v) is 7.21. The molecule has 2 rings (SSSR count). The molecule has 0 saturated heterocycles. The van der Waals surface area contributed by atoms with Crippen molar-refractivity contribution in [2.75, 3.05) is 21.3 Å². The molecular formula is C16H18BrNO3. The van der Waals surface area contributed by atoms with Crippen molar-refractivity contribution < 1.29 is 14.2 Å². The summed E-state index contributed by atoms with van der Waals surface area (Å²) >= 11 is 3.46. The van der Waals surface area contributed by atoms with Crippen molar-refractivity contribution in [1.29, 1.82) is 0 Å². The molecule has 0 spiro atoms. The fourth-order valence-electron chi connectivity index (χ4n) is 2.25. The zero-order valence-corrected chi connectivity index (χ0v) is 13.8. The van der Waals surface area contributed by atoms with Crippen molar-refractivity contribution in [3.05, 3.63) is 52.0 Å². The lowest BCUT2D eigenvalue weighted by Crippen LogP contribution is -2.13. The second-order valence-corrected chi connectivity index (χ2v) is 5.37. The Kier molecular flexibility index (Phi) is 5.09. The summed E-state index contributed by atoms with van der Waals surface area (Å²) in [4.78, 5) is 0. The first kappa shape index (κ1) is 15.7. The van der Waals surface area contributed by atoms with Crippen LogP contribution in [-0.4, -0.2) is 21.3 Å². The van der Waals surface area contributed by atoms with Crippen molar-refractivity contribution in [3.8, 4) is 17.2 Å². The van der Waals surface area contributed by atoms with Crippen molar-refractivity contribution >= 4 is 15.9 Å². The number of hydrogen-bond donors (Lipinski definition) is 1.